The van der Waals surface area contributed by atoms with E-state index < -0.39 is 29.6 Å². The van der Waals surface area contributed by atoms with Gasteiger partial charge in [-0.15, -0.1) is 0 Å². The van der Waals surface area contributed by atoms with Crippen LogP contribution in [0.5, 0.6) is 5.75 Å². The van der Waals surface area contributed by atoms with Gasteiger partial charge in [-0.3, -0.25) is 4.79 Å². The van der Waals surface area contributed by atoms with Crippen LogP contribution in [-0.2, 0) is 14.3 Å². The SMILES string of the molecule is C[C@H](OC(=O)c1ccc(OC[C@@H]2CCCO2)cc1)C(=O)Nc1ccc(F)c(F)c1. The van der Waals surface area contributed by atoms with Crippen LogP contribution < -0.4 is 10.1 Å². The first-order valence-corrected chi connectivity index (χ1v) is 9.24. The van der Waals surface area contributed by atoms with Crippen LogP contribution in [0.3, 0.4) is 0 Å². The summed E-state index contributed by atoms with van der Waals surface area (Å²) in [5.74, 6) is -2.87. The molecule has 1 N–H and O–H groups in total. The number of ether oxygens (including phenoxy) is 3. The molecule has 1 aliphatic heterocycles. The summed E-state index contributed by atoms with van der Waals surface area (Å²) in [6, 6.07) is 9.29. The van der Waals surface area contributed by atoms with E-state index in [1.807, 2.05) is 0 Å². The summed E-state index contributed by atoms with van der Waals surface area (Å²) in [5, 5.41) is 2.36. The molecule has 0 aliphatic carbocycles. The van der Waals surface area contributed by atoms with Crippen molar-refractivity contribution in [2.45, 2.75) is 32.0 Å². The molecule has 1 heterocycles. The first-order chi connectivity index (χ1) is 13.9. The number of hydrogen-bond donors (Lipinski definition) is 1. The summed E-state index contributed by atoms with van der Waals surface area (Å²) >= 11 is 0. The highest BCUT2D eigenvalue weighted by Crippen LogP contribution is 2.18. The van der Waals surface area contributed by atoms with Crippen LogP contribution in [0, 0.1) is 11.6 Å². The van der Waals surface area contributed by atoms with Gasteiger partial charge in [0.1, 0.15) is 12.4 Å². The quantitative estimate of drug-likeness (QED) is 0.711. The Hall–Kier alpha value is -3.00. The average molecular weight is 405 g/mol. The standard InChI is InChI=1S/C21H21F2NO5/c1-13(20(25)24-15-6-9-18(22)19(23)11-15)29-21(26)14-4-7-16(8-5-14)28-12-17-3-2-10-27-17/h4-9,11,13,17H,2-3,10,12H2,1H3,(H,24,25)/t13-,17-/m0/s1. The van der Waals surface area contributed by atoms with Crippen molar-refractivity contribution >= 4 is 17.6 Å². The molecule has 0 saturated carbocycles. The number of carbonyl (C=O) groups is 2. The van der Waals surface area contributed by atoms with E-state index in [0.717, 1.165) is 31.6 Å². The normalized spacial score (nSPS) is 16.9. The highest BCUT2D eigenvalue weighted by molar-refractivity contribution is 5.97. The van der Waals surface area contributed by atoms with E-state index in [1.165, 1.54) is 25.1 Å². The second-order valence-corrected chi connectivity index (χ2v) is 6.64. The van der Waals surface area contributed by atoms with Crippen molar-refractivity contribution in [1.82, 2.24) is 0 Å². The van der Waals surface area contributed by atoms with Gasteiger partial charge in [-0.2, -0.15) is 0 Å². The van der Waals surface area contributed by atoms with Crippen molar-refractivity contribution in [3.05, 3.63) is 59.7 Å². The van der Waals surface area contributed by atoms with Gasteiger partial charge in [0.25, 0.3) is 5.91 Å². The van der Waals surface area contributed by atoms with Gasteiger partial charge < -0.3 is 19.5 Å². The maximum Gasteiger partial charge on any atom is 0.338 e. The van der Waals surface area contributed by atoms with Crippen LogP contribution in [0.1, 0.15) is 30.1 Å². The molecule has 0 spiro atoms. The first-order valence-electron chi connectivity index (χ1n) is 9.24. The largest absolute Gasteiger partial charge is 0.491 e. The summed E-state index contributed by atoms with van der Waals surface area (Å²) in [4.78, 5) is 24.3. The lowest BCUT2D eigenvalue weighted by Gasteiger charge is -2.14. The van der Waals surface area contributed by atoms with Crippen LogP contribution in [0.4, 0.5) is 14.5 Å². The number of carbonyl (C=O) groups excluding carboxylic acids is 2. The zero-order valence-corrected chi connectivity index (χ0v) is 15.8. The molecule has 2 aromatic rings. The molecular weight excluding hydrogens is 384 g/mol. The second kappa shape index (κ2) is 9.47. The van der Waals surface area contributed by atoms with Gasteiger partial charge in [0.15, 0.2) is 17.7 Å². The van der Waals surface area contributed by atoms with Crippen LogP contribution in [0.25, 0.3) is 0 Å². The molecular formula is C21H21F2NO5. The molecule has 29 heavy (non-hydrogen) atoms. The van der Waals surface area contributed by atoms with E-state index in [4.69, 9.17) is 14.2 Å². The van der Waals surface area contributed by atoms with Crippen molar-refractivity contribution in [3.8, 4) is 5.75 Å². The topological polar surface area (TPSA) is 73.9 Å². The minimum atomic E-state index is -1.13. The zero-order valence-electron chi connectivity index (χ0n) is 15.8. The molecule has 3 rings (SSSR count). The van der Waals surface area contributed by atoms with Gasteiger partial charge in [0.2, 0.25) is 0 Å². The fourth-order valence-corrected chi connectivity index (χ4v) is 2.75. The highest BCUT2D eigenvalue weighted by Gasteiger charge is 2.20. The molecule has 2 aromatic carbocycles. The smallest absolute Gasteiger partial charge is 0.338 e. The molecule has 8 heteroatoms. The number of rotatable bonds is 7. The van der Waals surface area contributed by atoms with E-state index in [2.05, 4.69) is 5.32 Å². The Bertz CT molecular complexity index is 866. The maximum absolute atomic E-state index is 13.2. The summed E-state index contributed by atoms with van der Waals surface area (Å²) < 4.78 is 42.4. The molecule has 1 fully saturated rings. The van der Waals surface area contributed by atoms with Crippen LogP contribution in [-0.4, -0.2) is 37.3 Å². The molecule has 2 atom stereocenters. The fraction of sp³-hybridized carbons (Fsp3) is 0.333. The molecule has 0 unspecified atom stereocenters. The molecule has 154 valence electrons. The number of esters is 1. The van der Waals surface area contributed by atoms with Crippen molar-refractivity contribution in [2.24, 2.45) is 0 Å². The van der Waals surface area contributed by atoms with Crippen molar-refractivity contribution in [1.29, 1.82) is 0 Å². The predicted octanol–water partition coefficient (Wildman–Crippen LogP) is 3.71. The van der Waals surface area contributed by atoms with Crippen LogP contribution >= 0.6 is 0 Å². The molecule has 1 saturated heterocycles. The van der Waals surface area contributed by atoms with Crippen molar-refractivity contribution in [3.63, 3.8) is 0 Å². The molecule has 1 aliphatic rings. The number of hydrogen-bond acceptors (Lipinski definition) is 5. The Labute approximate surface area is 166 Å². The average Bonchev–Trinajstić information content (AvgIpc) is 3.23. The lowest BCUT2D eigenvalue weighted by molar-refractivity contribution is -0.123. The number of halogens is 2. The van der Waals surface area contributed by atoms with Crippen molar-refractivity contribution in [2.75, 3.05) is 18.5 Å². The Balaban J connectivity index is 1.50. The third-order valence-electron chi connectivity index (χ3n) is 4.39. The maximum atomic E-state index is 13.2. The zero-order chi connectivity index (χ0) is 20.8. The lowest BCUT2D eigenvalue weighted by Crippen LogP contribution is -2.30. The first kappa shape index (κ1) is 20.7. The monoisotopic (exact) mass is 405 g/mol. The number of amides is 1. The Kier molecular flexibility index (Phi) is 6.77. The third kappa shape index (κ3) is 5.74. The molecule has 0 bridgehead atoms. The second-order valence-electron chi connectivity index (χ2n) is 6.64. The lowest BCUT2D eigenvalue weighted by atomic mass is 10.2. The highest BCUT2D eigenvalue weighted by atomic mass is 19.2. The predicted molar refractivity (Wildman–Crippen MR) is 101 cm³/mol. The van der Waals surface area contributed by atoms with E-state index in [9.17, 15) is 18.4 Å². The van der Waals surface area contributed by atoms with E-state index in [0.29, 0.717) is 12.4 Å². The molecule has 6 nitrogen and oxygen atoms in total. The minimum Gasteiger partial charge on any atom is -0.491 e. The Morgan fingerprint density at radius 3 is 2.59 bits per heavy atom. The van der Waals surface area contributed by atoms with Crippen LogP contribution in [0.2, 0.25) is 0 Å². The van der Waals surface area contributed by atoms with Gasteiger partial charge in [-0.25, -0.2) is 13.6 Å². The van der Waals surface area contributed by atoms with Crippen molar-refractivity contribution < 1.29 is 32.6 Å². The molecule has 0 aromatic heterocycles. The van der Waals surface area contributed by atoms with Crippen LogP contribution in [0.15, 0.2) is 42.5 Å². The van der Waals surface area contributed by atoms with Gasteiger partial charge in [-0.1, -0.05) is 0 Å². The molecule has 1 amide bonds. The van der Waals surface area contributed by atoms with E-state index >= 15 is 0 Å². The third-order valence-corrected chi connectivity index (χ3v) is 4.39. The Morgan fingerprint density at radius 1 is 1.17 bits per heavy atom. The van der Waals surface area contributed by atoms with Gasteiger partial charge in [-0.05, 0) is 56.2 Å². The summed E-state index contributed by atoms with van der Waals surface area (Å²) in [5.41, 5.74) is 0.312. The molecule has 0 radical (unpaired) electrons. The fourth-order valence-electron chi connectivity index (χ4n) is 2.75. The summed E-state index contributed by atoms with van der Waals surface area (Å²) in [6.07, 6.45) is 0.954. The van der Waals surface area contributed by atoms with Gasteiger partial charge in [0.05, 0.1) is 11.7 Å². The Morgan fingerprint density at radius 2 is 1.93 bits per heavy atom. The summed E-state index contributed by atoms with van der Waals surface area (Å²) in [6.45, 7) is 2.58. The van der Waals surface area contributed by atoms with Gasteiger partial charge in [0, 0.05) is 18.4 Å². The number of nitrogens with one attached hydrogen (secondary N) is 1. The summed E-state index contributed by atoms with van der Waals surface area (Å²) in [7, 11) is 0. The number of benzene rings is 2. The van der Waals surface area contributed by atoms with Gasteiger partial charge >= 0.3 is 5.97 Å². The minimum absolute atomic E-state index is 0.0598. The number of anilines is 1. The van der Waals surface area contributed by atoms with E-state index in [1.54, 1.807) is 12.1 Å². The van der Waals surface area contributed by atoms with E-state index in [-0.39, 0.29) is 17.4 Å².